The molecule has 0 atom stereocenters. The molecule has 1 heterocycles. The molecule has 3 rings (SSSR count). The molecule has 0 bridgehead atoms. The summed E-state index contributed by atoms with van der Waals surface area (Å²) in [5, 5.41) is 0.830. The lowest BCUT2D eigenvalue weighted by atomic mass is 10.1. The average molecular weight is 279 g/mol. The molecule has 21 heavy (non-hydrogen) atoms. The fourth-order valence-electron chi connectivity index (χ4n) is 2.26. The van der Waals surface area contributed by atoms with Crippen molar-refractivity contribution in [2.24, 2.45) is 0 Å². The van der Waals surface area contributed by atoms with E-state index in [0.717, 1.165) is 17.2 Å². The normalized spacial score (nSPS) is 10.5. The third-order valence-electron chi connectivity index (χ3n) is 3.27. The molecule has 0 aliphatic carbocycles. The number of carbonyl (C=O) groups excluding carboxylic acids is 2. The number of carbonyl (C=O) groups is 2. The first-order chi connectivity index (χ1) is 10.3. The van der Waals surface area contributed by atoms with Crippen molar-refractivity contribution in [1.29, 1.82) is 0 Å². The number of para-hydroxylation sites is 1. The zero-order chi connectivity index (χ0) is 14.7. The third kappa shape index (κ3) is 2.56. The third-order valence-corrected chi connectivity index (χ3v) is 3.27. The first kappa shape index (κ1) is 13.1. The number of hydrogen-bond acceptors (Lipinski definition) is 3. The van der Waals surface area contributed by atoms with Crippen LogP contribution in [0.25, 0.3) is 10.9 Å². The summed E-state index contributed by atoms with van der Waals surface area (Å²) in [5.41, 5.74) is 1.96. The molecule has 0 aliphatic rings. The van der Waals surface area contributed by atoms with E-state index in [1.54, 1.807) is 24.4 Å². The molecule has 0 amide bonds. The van der Waals surface area contributed by atoms with E-state index in [-0.39, 0.29) is 6.61 Å². The van der Waals surface area contributed by atoms with Gasteiger partial charge in [-0.3, -0.25) is 9.36 Å². The lowest BCUT2D eigenvalue weighted by Gasteiger charge is -2.07. The van der Waals surface area contributed by atoms with Gasteiger partial charge in [-0.15, -0.1) is 0 Å². The van der Waals surface area contributed by atoms with Crippen molar-refractivity contribution >= 4 is 23.3 Å². The Morgan fingerprint density at radius 1 is 1.05 bits per heavy atom. The van der Waals surface area contributed by atoms with Crippen molar-refractivity contribution in [2.75, 3.05) is 0 Å². The summed E-state index contributed by atoms with van der Waals surface area (Å²) in [6.45, 7) is 0.197. The van der Waals surface area contributed by atoms with Crippen LogP contribution in [-0.4, -0.2) is 16.9 Å². The topological polar surface area (TPSA) is 48.3 Å². The van der Waals surface area contributed by atoms with Gasteiger partial charge in [-0.25, -0.2) is 4.79 Å². The van der Waals surface area contributed by atoms with Gasteiger partial charge in [0, 0.05) is 17.1 Å². The number of hydrogen-bond donors (Lipinski definition) is 0. The Morgan fingerprint density at radius 2 is 1.86 bits per heavy atom. The lowest BCUT2D eigenvalue weighted by Crippen LogP contribution is -2.13. The van der Waals surface area contributed by atoms with Crippen molar-refractivity contribution in [3.05, 3.63) is 71.9 Å². The molecule has 0 aliphatic heterocycles. The van der Waals surface area contributed by atoms with Crippen molar-refractivity contribution in [1.82, 2.24) is 4.57 Å². The molecule has 0 unspecified atom stereocenters. The van der Waals surface area contributed by atoms with Crippen LogP contribution in [0.4, 0.5) is 4.79 Å². The van der Waals surface area contributed by atoms with Crippen LogP contribution in [0.1, 0.15) is 15.9 Å². The van der Waals surface area contributed by atoms with Crippen LogP contribution in [0.3, 0.4) is 0 Å². The molecule has 0 fully saturated rings. The number of benzene rings is 2. The molecule has 0 spiro atoms. The summed E-state index contributed by atoms with van der Waals surface area (Å²) in [6, 6.07) is 16.5. The average Bonchev–Trinajstić information content (AvgIpc) is 2.97. The molecular formula is C17H13NO3. The highest BCUT2D eigenvalue weighted by molar-refractivity contribution is 6.00. The molecular weight excluding hydrogens is 266 g/mol. The highest BCUT2D eigenvalue weighted by atomic mass is 16.5. The minimum Gasteiger partial charge on any atom is -0.444 e. The van der Waals surface area contributed by atoms with Gasteiger partial charge in [0.05, 0.1) is 5.52 Å². The number of fused-ring (bicyclic) bond motifs is 1. The largest absolute Gasteiger partial charge is 0.444 e. The second-order valence-electron chi connectivity index (χ2n) is 4.63. The van der Waals surface area contributed by atoms with E-state index in [9.17, 15) is 9.59 Å². The zero-order valence-corrected chi connectivity index (χ0v) is 11.2. The Bertz CT molecular complexity index is 790. The van der Waals surface area contributed by atoms with Crippen molar-refractivity contribution in [2.45, 2.75) is 6.61 Å². The lowest BCUT2D eigenvalue weighted by molar-refractivity contribution is 0.112. The molecule has 0 N–H and O–H groups in total. The van der Waals surface area contributed by atoms with Crippen LogP contribution >= 0.6 is 0 Å². The van der Waals surface area contributed by atoms with Crippen LogP contribution in [-0.2, 0) is 11.3 Å². The van der Waals surface area contributed by atoms with Crippen molar-refractivity contribution in [3.8, 4) is 0 Å². The Labute approximate surface area is 121 Å². The van der Waals surface area contributed by atoms with Gasteiger partial charge in [-0.2, -0.15) is 0 Å². The van der Waals surface area contributed by atoms with Crippen LogP contribution in [0.5, 0.6) is 0 Å². The maximum Gasteiger partial charge on any atom is 0.418 e. The predicted molar refractivity (Wildman–Crippen MR) is 79.4 cm³/mol. The van der Waals surface area contributed by atoms with Crippen LogP contribution < -0.4 is 0 Å². The predicted octanol–water partition coefficient (Wildman–Crippen LogP) is 3.64. The first-order valence-electron chi connectivity index (χ1n) is 6.56. The van der Waals surface area contributed by atoms with Gasteiger partial charge in [0.15, 0.2) is 6.29 Å². The van der Waals surface area contributed by atoms with Crippen LogP contribution in [0.2, 0.25) is 0 Å². The zero-order valence-electron chi connectivity index (χ0n) is 11.2. The number of rotatable bonds is 3. The summed E-state index contributed by atoms with van der Waals surface area (Å²) in [6.07, 6.45) is 1.86. The standard InChI is InChI=1S/C17H13NO3/c19-11-15-8-4-7-14-9-10-18(16(14)15)17(20)21-12-13-5-2-1-3-6-13/h1-11H,12H2. The van der Waals surface area contributed by atoms with Crippen molar-refractivity contribution < 1.29 is 14.3 Å². The first-order valence-corrected chi connectivity index (χ1v) is 6.56. The molecule has 4 heteroatoms. The fourth-order valence-corrected chi connectivity index (χ4v) is 2.26. The summed E-state index contributed by atoms with van der Waals surface area (Å²) in [7, 11) is 0. The van der Waals surface area contributed by atoms with Gasteiger partial charge in [0.25, 0.3) is 0 Å². The number of aldehydes is 1. The molecule has 3 aromatic rings. The van der Waals surface area contributed by atoms with Crippen LogP contribution in [0.15, 0.2) is 60.8 Å². The molecule has 0 radical (unpaired) electrons. The van der Waals surface area contributed by atoms with Gasteiger partial charge in [0.2, 0.25) is 0 Å². The molecule has 104 valence electrons. The molecule has 2 aromatic carbocycles. The molecule has 0 saturated heterocycles. The summed E-state index contributed by atoms with van der Waals surface area (Å²) in [5.74, 6) is 0. The van der Waals surface area contributed by atoms with E-state index in [0.29, 0.717) is 11.1 Å². The molecule has 4 nitrogen and oxygen atoms in total. The minimum atomic E-state index is -0.497. The smallest absolute Gasteiger partial charge is 0.418 e. The quantitative estimate of drug-likeness (QED) is 0.688. The van der Waals surface area contributed by atoms with E-state index in [1.807, 2.05) is 36.4 Å². The number of aromatic nitrogens is 1. The summed E-state index contributed by atoms with van der Waals surface area (Å²) in [4.78, 5) is 23.3. The maximum atomic E-state index is 12.2. The fraction of sp³-hybridized carbons (Fsp3) is 0.0588. The highest BCUT2D eigenvalue weighted by Gasteiger charge is 2.13. The molecule has 0 saturated carbocycles. The van der Waals surface area contributed by atoms with Gasteiger partial charge in [-0.05, 0) is 17.7 Å². The Hall–Kier alpha value is -2.88. The van der Waals surface area contributed by atoms with E-state index in [4.69, 9.17) is 4.74 Å². The summed E-state index contributed by atoms with van der Waals surface area (Å²) < 4.78 is 6.65. The van der Waals surface area contributed by atoms with Gasteiger partial charge < -0.3 is 4.74 Å². The van der Waals surface area contributed by atoms with Gasteiger partial charge in [0.1, 0.15) is 6.61 Å². The number of nitrogens with zero attached hydrogens (tertiary/aromatic N) is 1. The van der Waals surface area contributed by atoms with E-state index in [1.165, 1.54) is 4.57 Å². The van der Waals surface area contributed by atoms with E-state index < -0.39 is 6.09 Å². The highest BCUT2D eigenvalue weighted by Crippen LogP contribution is 2.19. The van der Waals surface area contributed by atoms with Gasteiger partial charge in [-0.1, -0.05) is 42.5 Å². The molecule has 1 aromatic heterocycles. The Morgan fingerprint density at radius 3 is 2.62 bits per heavy atom. The SMILES string of the molecule is O=Cc1cccc2ccn(C(=O)OCc3ccccc3)c12. The second-order valence-corrected chi connectivity index (χ2v) is 4.63. The van der Waals surface area contributed by atoms with Crippen molar-refractivity contribution in [3.63, 3.8) is 0 Å². The van der Waals surface area contributed by atoms with E-state index >= 15 is 0 Å². The number of ether oxygens (including phenoxy) is 1. The second kappa shape index (κ2) is 5.63. The summed E-state index contributed by atoms with van der Waals surface area (Å²) >= 11 is 0. The maximum absolute atomic E-state index is 12.2. The monoisotopic (exact) mass is 279 g/mol. The van der Waals surface area contributed by atoms with Crippen LogP contribution in [0, 0.1) is 0 Å². The Balaban J connectivity index is 1.86. The Kier molecular flexibility index (Phi) is 3.51. The minimum absolute atomic E-state index is 0.197. The van der Waals surface area contributed by atoms with Gasteiger partial charge >= 0.3 is 6.09 Å². The van der Waals surface area contributed by atoms with E-state index in [2.05, 4.69) is 0 Å².